The van der Waals surface area contributed by atoms with E-state index in [0.717, 1.165) is 23.4 Å². The summed E-state index contributed by atoms with van der Waals surface area (Å²) in [4.78, 5) is 4.42. The van der Waals surface area contributed by atoms with E-state index in [1.165, 1.54) is 5.56 Å². The quantitative estimate of drug-likeness (QED) is 0.875. The molecular formula is C15H20N2O. The minimum atomic E-state index is 0.563. The van der Waals surface area contributed by atoms with Gasteiger partial charge in [0.1, 0.15) is 11.5 Å². The van der Waals surface area contributed by atoms with Gasteiger partial charge in [-0.1, -0.05) is 38.1 Å². The summed E-state index contributed by atoms with van der Waals surface area (Å²) < 4.78 is 5.49. The van der Waals surface area contributed by atoms with Gasteiger partial charge in [-0.25, -0.2) is 0 Å². The van der Waals surface area contributed by atoms with Crippen molar-refractivity contribution >= 4 is 6.01 Å². The summed E-state index contributed by atoms with van der Waals surface area (Å²) in [7, 11) is 1.81. The van der Waals surface area contributed by atoms with Crippen LogP contribution >= 0.6 is 0 Å². The lowest BCUT2D eigenvalue weighted by Crippen LogP contribution is -1.91. The second-order valence-electron chi connectivity index (χ2n) is 4.61. The molecular weight excluding hydrogens is 224 g/mol. The van der Waals surface area contributed by atoms with Crippen LogP contribution in [0.5, 0.6) is 0 Å². The van der Waals surface area contributed by atoms with E-state index in [-0.39, 0.29) is 0 Å². The van der Waals surface area contributed by atoms with Gasteiger partial charge in [0.2, 0.25) is 0 Å². The molecule has 0 amide bonds. The van der Waals surface area contributed by atoms with Gasteiger partial charge in [0.05, 0.1) is 0 Å². The standard InChI is InChI=1S/C15H20N2O/c1-5-10(2)12-6-8-13(9-7-12)14-11(3)18-15(16-4)17-14/h6-10H,5H2,1-4H3,(H,16,17). The number of aryl methyl sites for hydroxylation is 1. The van der Waals surface area contributed by atoms with Gasteiger partial charge in [-0.3, -0.25) is 0 Å². The van der Waals surface area contributed by atoms with Gasteiger partial charge in [-0.15, -0.1) is 0 Å². The first-order valence-electron chi connectivity index (χ1n) is 6.41. The molecule has 2 aromatic rings. The second kappa shape index (κ2) is 5.25. The Morgan fingerprint density at radius 1 is 1.28 bits per heavy atom. The lowest BCUT2D eigenvalue weighted by molar-refractivity contribution is 0.544. The molecule has 2 rings (SSSR count). The van der Waals surface area contributed by atoms with Crippen LogP contribution in [0.2, 0.25) is 0 Å². The van der Waals surface area contributed by atoms with Gasteiger partial charge in [0.15, 0.2) is 0 Å². The Bertz CT molecular complexity index is 514. The summed E-state index contributed by atoms with van der Waals surface area (Å²) in [5.41, 5.74) is 3.39. The van der Waals surface area contributed by atoms with Crippen LogP contribution in [0.4, 0.5) is 6.01 Å². The summed E-state index contributed by atoms with van der Waals surface area (Å²) in [6.07, 6.45) is 1.16. The maximum absolute atomic E-state index is 5.49. The Morgan fingerprint density at radius 2 is 1.94 bits per heavy atom. The number of nitrogens with zero attached hydrogens (tertiary/aromatic N) is 1. The average Bonchev–Trinajstić information content (AvgIpc) is 2.79. The molecule has 1 aromatic heterocycles. The summed E-state index contributed by atoms with van der Waals surface area (Å²) in [6, 6.07) is 9.15. The van der Waals surface area contributed by atoms with Crippen LogP contribution in [-0.4, -0.2) is 12.0 Å². The number of hydrogen-bond donors (Lipinski definition) is 1. The molecule has 3 nitrogen and oxygen atoms in total. The Balaban J connectivity index is 2.31. The molecule has 0 bridgehead atoms. The molecule has 3 heteroatoms. The minimum absolute atomic E-state index is 0.563. The lowest BCUT2D eigenvalue weighted by Gasteiger charge is -2.09. The van der Waals surface area contributed by atoms with Crippen molar-refractivity contribution in [3.05, 3.63) is 35.6 Å². The molecule has 18 heavy (non-hydrogen) atoms. The molecule has 0 saturated heterocycles. The number of hydrogen-bond acceptors (Lipinski definition) is 3. The normalized spacial score (nSPS) is 12.4. The Kier molecular flexibility index (Phi) is 3.70. The number of benzene rings is 1. The summed E-state index contributed by atoms with van der Waals surface area (Å²) in [6.45, 7) is 6.39. The first-order chi connectivity index (χ1) is 8.65. The topological polar surface area (TPSA) is 38.1 Å². The fourth-order valence-electron chi connectivity index (χ4n) is 1.98. The zero-order valence-corrected chi connectivity index (χ0v) is 11.4. The van der Waals surface area contributed by atoms with Crippen molar-refractivity contribution in [2.45, 2.75) is 33.1 Å². The summed E-state index contributed by atoms with van der Waals surface area (Å²) >= 11 is 0. The van der Waals surface area contributed by atoms with Crippen molar-refractivity contribution in [1.29, 1.82) is 0 Å². The van der Waals surface area contributed by atoms with E-state index in [4.69, 9.17) is 4.42 Å². The van der Waals surface area contributed by atoms with E-state index < -0.39 is 0 Å². The first-order valence-corrected chi connectivity index (χ1v) is 6.41. The van der Waals surface area contributed by atoms with E-state index in [9.17, 15) is 0 Å². The third kappa shape index (κ3) is 2.40. The van der Waals surface area contributed by atoms with E-state index in [2.05, 4.69) is 48.4 Å². The maximum Gasteiger partial charge on any atom is 0.295 e. The van der Waals surface area contributed by atoms with Crippen LogP contribution in [0.1, 0.15) is 37.5 Å². The van der Waals surface area contributed by atoms with Gasteiger partial charge in [-0.2, -0.15) is 4.98 Å². The molecule has 0 radical (unpaired) electrons. The molecule has 1 aromatic carbocycles. The molecule has 1 unspecified atom stereocenters. The highest BCUT2D eigenvalue weighted by Gasteiger charge is 2.11. The Hall–Kier alpha value is -1.77. The molecule has 0 aliphatic heterocycles. The molecule has 1 N–H and O–H groups in total. The Labute approximate surface area is 108 Å². The fraction of sp³-hybridized carbons (Fsp3) is 0.400. The Morgan fingerprint density at radius 3 is 2.44 bits per heavy atom. The van der Waals surface area contributed by atoms with E-state index in [1.54, 1.807) is 7.05 Å². The minimum Gasteiger partial charge on any atom is -0.428 e. The zero-order valence-electron chi connectivity index (χ0n) is 11.4. The van der Waals surface area contributed by atoms with Crippen molar-refractivity contribution in [1.82, 2.24) is 4.98 Å². The smallest absolute Gasteiger partial charge is 0.295 e. The molecule has 0 fully saturated rings. The highest BCUT2D eigenvalue weighted by molar-refractivity contribution is 5.63. The molecule has 0 aliphatic carbocycles. The number of rotatable bonds is 4. The van der Waals surface area contributed by atoms with Crippen molar-refractivity contribution in [2.75, 3.05) is 12.4 Å². The van der Waals surface area contributed by atoms with Crippen molar-refractivity contribution < 1.29 is 4.42 Å². The number of anilines is 1. The first kappa shape index (κ1) is 12.7. The van der Waals surface area contributed by atoms with Gasteiger partial charge in [-0.05, 0) is 24.8 Å². The van der Waals surface area contributed by atoms with E-state index >= 15 is 0 Å². The molecule has 0 spiro atoms. The van der Waals surface area contributed by atoms with Crippen LogP contribution in [0.3, 0.4) is 0 Å². The van der Waals surface area contributed by atoms with Gasteiger partial charge < -0.3 is 9.73 Å². The van der Waals surface area contributed by atoms with Crippen LogP contribution in [0.15, 0.2) is 28.7 Å². The zero-order chi connectivity index (χ0) is 13.1. The number of nitrogens with one attached hydrogen (secondary N) is 1. The third-order valence-corrected chi connectivity index (χ3v) is 3.38. The van der Waals surface area contributed by atoms with Gasteiger partial charge >= 0.3 is 0 Å². The summed E-state index contributed by atoms with van der Waals surface area (Å²) in [5, 5.41) is 2.92. The largest absolute Gasteiger partial charge is 0.428 e. The van der Waals surface area contributed by atoms with Crippen LogP contribution in [-0.2, 0) is 0 Å². The predicted octanol–water partition coefficient (Wildman–Crippen LogP) is 4.21. The third-order valence-electron chi connectivity index (χ3n) is 3.38. The summed E-state index contributed by atoms with van der Waals surface area (Å²) in [5.74, 6) is 1.45. The number of aromatic nitrogens is 1. The fourth-order valence-corrected chi connectivity index (χ4v) is 1.98. The molecule has 96 valence electrons. The van der Waals surface area contributed by atoms with Gasteiger partial charge in [0.25, 0.3) is 6.01 Å². The van der Waals surface area contributed by atoms with Crippen molar-refractivity contribution in [3.63, 3.8) is 0 Å². The van der Waals surface area contributed by atoms with Crippen LogP contribution in [0, 0.1) is 6.92 Å². The maximum atomic E-state index is 5.49. The van der Waals surface area contributed by atoms with Crippen LogP contribution < -0.4 is 5.32 Å². The molecule has 0 aliphatic rings. The second-order valence-corrected chi connectivity index (χ2v) is 4.61. The number of oxazole rings is 1. The van der Waals surface area contributed by atoms with Gasteiger partial charge in [0, 0.05) is 12.6 Å². The highest BCUT2D eigenvalue weighted by Crippen LogP contribution is 2.27. The van der Waals surface area contributed by atoms with Crippen molar-refractivity contribution in [2.24, 2.45) is 0 Å². The van der Waals surface area contributed by atoms with Crippen LogP contribution in [0.25, 0.3) is 11.3 Å². The van der Waals surface area contributed by atoms with Crippen molar-refractivity contribution in [3.8, 4) is 11.3 Å². The predicted molar refractivity (Wildman–Crippen MR) is 74.9 cm³/mol. The SMILES string of the molecule is CCC(C)c1ccc(-c2nc(NC)oc2C)cc1. The molecule has 0 saturated carbocycles. The average molecular weight is 244 g/mol. The highest BCUT2D eigenvalue weighted by atomic mass is 16.4. The van der Waals surface area contributed by atoms with E-state index in [0.29, 0.717) is 11.9 Å². The monoisotopic (exact) mass is 244 g/mol. The van der Waals surface area contributed by atoms with E-state index in [1.807, 2.05) is 6.92 Å². The molecule has 1 heterocycles. The molecule has 1 atom stereocenters. The lowest BCUT2D eigenvalue weighted by atomic mass is 9.97.